The van der Waals surface area contributed by atoms with Gasteiger partial charge in [0.2, 0.25) is 16.0 Å². The van der Waals surface area contributed by atoms with E-state index in [-0.39, 0.29) is 19.0 Å². The van der Waals surface area contributed by atoms with Crippen LogP contribution in [0.1, 0.15) is 44.1 Å². The van der Waals surface area contributed by atoms with E-state index < -0.39 is 28.4 Å². The second-order valence-corrected chi connectivity index (χ2v) is 12.2. The van der Waals surface area contributed by atoms with E-state index in [0.717, 1.165) is 55.9 Å². The van der Waals surface area contributed by atoms with Crippen LogP contribution in [-0.4, -0.2) is 74.0 Å². The van der Waals surface area contributed by atoms with Crippen molar-refractivity contribution in [3.63, 3.8) is 0 Å². The molecule has 7 nitrogen and oxygen atoms in total. The molecule has 2 atom stereocenters. The number of rotatable bonds is 9. The number of hydrogen-bond acceptors (Lipinski definition) is 6. The molecule has 0 radical (unpaired) electrons. The van der Waals surface area contributed by atoms with Crippen LogP contribution in [0.15, 0.2) is 12.4 Å². The number of anilines is 1. The molecule has 1 aromatic rings. The fraction of sp³-hybridized carbons (Fsp3) is 0.826. The first-order valence-corrected chi connectivity index (χ1v) is 13.9. The van der Waals surface area contributed by atoms with E-state index in [1.54, 1.807) is 0 Å². The minimum absolute atomic E-state index is 0.268. The summed E-state index contributed by atoms with van der Waals surface area (Å²) >= 11 is 0. The Bertz CT molecular complexity index is 897. The first-order valence-electron chi connectivity index (χ1n) is 12.3. The van der Waals surface area contributed by atoms with Gasteiger partial charge in [0.15, 0.2) is 0 Å². The smallest absolute Gasteiger partial charge is 0.381 e. The summed E-state index contributed by atoms with van der Waals surface area (Å²) in [5, 5.41) is 0. The lowest BCUT2D eigenvalue weighted by atomic mass is 9.91. The van der Waals surface area contributed by atoms with E-state index in [0.29, 0.717) is 25.4 Å². The zero-order chi connectivity index (χ0) is 24.3. The lowest BCUT2D eigenvalue weighted by Gasteiger charge is -2.32. The molecule has 4 rings (SSSR count). The van der Waals surface area contributed by atoms with Crippen LogP contribution in [0.3, 0.4) is 0 Å². The summed E-state index contributed by atoms with van der Waals surface area (Å²) in [5.41, 5.74) is 1.07. The summed E-state index contributed by atoms with van der Waals surface area (Å²) in [6, 6.07) is 0. The molecule has 11 heteroatoms. The summed E-state index contributed by atoms with van der Waals surface area (Å²) in [7, 11) is -3.85. The van der Waals surface area contributed by atoms with Crippen LogP contribution in [0.2, 0.25) is 0 Å². The van der Waals surface area contributed by atoms with Crippen molar-refractivity contribution in [2.24, 2.45) is 23.7 Å². The van der Waals surface area contributed by atoms with Gasteiger partial charge in [-0.2, -0.15) is 13.2 Å². The highest BCUT2D eigenvalue weighted by molar-refractivity contribution is 7.89. The first kappa shape index (κ1) is 25.6. The predicted octanol–water partition coefficient (Wildman–Crippen LogP) is 3.65. The molecule has 1 aromatic heterocycles. The molecule has 0 amide bonds. The number of hydrogen-bond donors (Lipinski definition) is 0. The minimum atomic E-state index is -4.45. The Kier molecular flexibility index (Phi) is 8.03. The summed E-state index contributed by atoms with van der Waals surface area (Å²) in [4.78, 5) is 11.1. The topological polar surface area (TPSA) is 75.6 Å². The zero-order valence-electron chi connectivity index (χ0n) is 19.7. The fourth-order valence-electron chi connectivity index (χ4n) is 5.23. The molecule has 1 unspecified atom stereocenters. The maximum Gasteiger partial charge on any atom is 0.390 e. The van der Waals surface area contributed by atoms with Crippen molar-refractivity contribution in [1.29, 1.82) is 0 Å². The Morgan fingerprint density at radius 3 is 2.29 bits per heavy atom. The lowest BCUT2D eigenvalue weighted by Crippen LogP contribution is -2.41. The number of aryl methyl sites for hydroxylation is 1. The molecular weight excluding hydrogens is 469 g/mol. The molecule has 0 spiro atoms. The summed E-state index contributed by atoms with van der Waals surface area (Å²) in [6.45, 7) is 5.87. The van der Waals surface area contributed by atoms with Crippen LogP contribution in [-0.2, 0) is 14.8 Å². The number of halogens is 3. The van der Waals surface area contributed by atoms with E-state index in [9.17, 15) is 21.6 Å². The van der Waals surface area contributed by atoms with Gasteiger partial charge in [0.05, 0.1) is 12.2 Å². The number of nitrogens with zero attached hydrogens (tertiary/aromatic N) is 4. The third-order valence-electron chi connectivity index (χ3n) is 7.47. The van der Waals surface area contributed by atoms with Crippen LogP contribution in [0.4, 0.5) is 19.1 Å². The van der Waals surface area contributed by atoms with Crippen molar-refractivity contribution in [1.82, 2.24) is 14.3 Å². The summed E-state index contributed by atoms with van der Waals surface area (Å²) < 4.78 is 68.6. The molecule has 3 heterocycles. The van der Waals surface area contributed by atoms with Crippen molar-refractivity contribution >= 4 is 16.0 Å². The summed E-state index contributed by atoms with van der Waals surface area (Å²) in [5.74, 6) is 2.28. The number of aromatic nitrogens is 2. The zero-order valence-corrected chi connectivity index (χ0v) is 20.5. The van der Waals surface area contributed by atoms with Gasteiger partial charge in [0.25, 0.3) is 0 Å². The van der Waals surface area contributed by atoms with E-state index >= 15 is 0 Å². The lowest BCUT2D eigenvalue weighted by molar-refractivity contribution is -0.130. The molecule has 0 bridgehead atoms. The molecule has 3 aliphatic rings. The standard InChI is InChI=1S/C23H35F3N4O3S/c1-17-13-27-22(28-14-17)29-7-4-19(5-8-29)21-12-20(21)16-33-15-18-2-9-30(10-3-18)34(31,32)11-6-23(24,25)26/h13-14,18-21H,2-12,15-16H2,1H3/t20?,21-/m1/s1. The van der Waals surface area contributed by atoms with Crippen LogP contribution >= 0.6 is 0 Å². The third kappa shape index (κ3) is 7.04. The number of piperidine rings is 2. The Morgan fingerprint density at radius 2 is 1.68 bits per heavy atom. The molecule has 0 N–H and O–H groups in total. The maximum absolute atomic E-state index is 12.4. The van der Waals surface area contributed by atoms with Crippen LogP contribution in [0, 0.1) is 30.6 Å². The monoisotopic (exact) mass is 504 g/mol. The molecule has 1 saturated carbocycles. The van der Waals surface area contributed by atoms with Crippen molar-refractivity contribution in [3.05, 3.63) is 18.0 Å². The van der Waals surface area contributed by atoms with Gasteiger partial charge in [-0.25, -0.2) is 22.7 Å². The van der Waals surface area contributed by atoms with Crippen LogP contribution < -0.4 is 4.90 Å². The third-order valence-corrected chi connectivity index (χ3v) is 9.34. The molecule has 192 valence electrons. The largest absolute Gasteiger partial charge is 0.390 e. The van der Waals surface area contributed by atoms with Crippen molar-refractivity contribution in [2.75, 3.05) is 50.0 Å². The molecule has 0 aromatic carbocycles. The Morgan fingerprint density at radius 1 is 1.03 bits per heavy atom. The minimum Gasteiger partial charge on any atom is -0.381 e. The Labute approximate surface area is 200 Å². The number of sulfonamides is 1. The first-order chi connectivity index (χ1) is 16.1. The second kappa shape index (κ2) is 10.7. The van der Waals surface area contributed by atoms with Gasteiger partial charge in [-0.15, -0.1) is 0 Å². The molecule has 2 aliphatic heterocycles. The predicted molar refractivity (Wildman–Crippen MR) is 123 cm³/mol. The maximum atomic E-state index is 12.4. The van der Waals surface area contributed by atoms with Gasteiger partial charge in [0.1, 0.15) is 0 Å². The number of alkyl halides is 3. The molecular formula is C23H35F3N4O3S. The fourth-order valence-corrected chi connectivity index (χ4v) is 6.75. The molecule has 1 aliphatic carbocycles. The Balaban J connectivity index is 1.10. The SMILES string of the molecule is Cc1cnc(N2CCC([C@H]3CC3COCC3CCN(S(=O)(=O)CCC(F)(F)F)CC3)CC2)nc1. The van der Waals surface area contributed by atoms with E-state index in [1.807, 2.05) is 19.3 Å². The van der Waals surface area contributed by atoms with Gasteiger partial charge in [-0.1, -0.05) is 0 Å². The second-order valence-electron chi connectivity index (χ2n) is 10.1. The van der Waals surface area contributed by atoms with Gasteiger partial charge < -0.3 is 9.64 Å². The summed E-state index contributed by atoms with van der Waals surface area (Å²) in [6.07, 6.45) is 2.77. The molecule has 3 fully saturated rings. The van der Waals surface area contributed by atoms with Gasteiger partial charge in [0, 0.05) is 51.8 Å². The quantitative estimate of drug-likeness (QED) is 0.511. The highest BCUT2D eigenvalue weighted by Crippen LogP contribution is 2.48. The Hall–Kier alpha value is -1.46. The normalized spacial score (nSPS) is 25.6. The average Bonchev–Trinajstić information content (AvgIpc) is 3.58. The average molecular weight is 505 g/mol. The van der Waals surface area contributed by atoms with E-state index in [4.69, 9.17) is 4.74 Å². The van der Waals surface area contributed by atoms with Crippen LogP contribution in [0.5, 0.6) is 0 Å². The van der Waals surface area contributed by atoms with Gasteiger partial charge in [-0.05, 0) is 68.3 Å². The van der Waals surface area contributed by atoms with Crippen molar-refractivity contribution < 1.29 is 26.3 Å². The van der Waals surface area contributed by atoms with Crippen molar-refractivity contribution in [2.45, 2.75) is 51.6 Å². The molecule has 2 saturated heterocycles. The highest BCUT2D eigenvalue weighted by atomic mass is 32.2. The van der Waals surface area contributed by atoms with E-state index in [1.165, 1.54) is 10.7 Å². The van der Waals surface area contributed by atoms with Gasteiger partial charge in [-0.3, -0.25) is 0 Å². The van der Waals surface area contributed by atoms with Gasteiger partial charge >= 0.3 is 6.18 Å². The van der Waals surface area contributed by atoms with Crippen molar-refractivity contribution in [3.8, 4) is 0 Å². The highest BCUT2D eigenvalue weighted by Gasteiger charge is 2.44. The van der Waals surface area contributed by atoms with Crippen LogP contribution in [0.25, 0.3) is 0 Å². The van der Waals surface area contributed by atoms with E-state index in [2.05, 4.69) is 14.9 Å². The molecule has 34 heavy (non-hydrogen) atoms. The number of ether oxygens (including phenoxy) is 1.